The van der Waals surface area contributed by atoms with Crippen LogP contribution in [0.15, 0.2) is 28.7 Å². The van der Waals surface area contributed by atoms with E-state index in [-0.39, 0.29) is 21.4 Å². The molecule has 2 aromatic rings. The minimum Gasteiger partial charge on any atom is -0.476 e. The topological polar surface area (TPSA) is 55.1 Å². The van der Waals surface area contributed by atoms with Crippen LogP contribution in [0.25, 0.3) is 11.3 Å². The molecule has 0 bridgehead atoms. The van der Waals surface area contributed by atoms with Crippen molar-refractivity contribution in [2.24, 2.45) is 7.05 Å². The molecule has 0 aliphatic heterocycles. The largest absolute Gasteiger partial charge is 0.476 e. The SMILES string of the molecule is Cn1nc(C(=O)O)cc1-c1ccc(Br)cc1C(F)(F)F. The number of carboxylic acids is 1. The van der Waals surface area contributed by atoms with Gasteiger partial charge in [-0.25, -0.2) is 4.79 Å². The van der Waals surface area contributed by atoms with Crippen LogP contribution >= 0.6 is 15.9 Å². The van der Waals surface area contributed by atoms with E-state index in [2.05, 4.69) is 21.0 Å². The van der Waals surface area contributed by atoms with Gasteiger partial charge in [0.1, 0.15) is 0 Å². The Kier molecular flexibility index (Phi) is 3.59. The van der Waals surface area contributed by atoms with E-state index in [1.807, 2.05) is 0 Å². The van der Waals surface area contributed by atoms with Crippen LogP contribution in [0.5, 0.6) is 0 Å². The highest BCUT2D eigenvalue weighted by Gasteiger charge is 2.34. The Hall–Kier alpha value is -1.83. The quantitative estimate of drug-likeness (QED) is 0.902. The van der Waals surface area contributed by atoms with Crippen LogP contribution in [0.3, 0.4) is 0 Å². The van der Waals surface area contributed by atoms with Gasteiger partial charge in [0.25, 0.3) is 0 Å². The van der Waals surface area contributed by atoms with Gasteiger partial charge in [0.15, 0.2) is 5.69 Å². The zero-order valence-electron chi connectivity index (χ0n) is 10.1. The molecule has 0 aliphatic carbocycles. The van der Waals surface area contributed by atoms with Gasteiger partial charge in [-0.05, 0) is 18.2 Å². The number of benzene rings is 1. The standard InChI is InChI=1S/C12H8BrF3N2O2/c1-18-10(5-9(17-18)11(19)20)7-3-2-6(13)4-8(7)12(14,15)16/h2-5H,1H3,(H,19,20). The summed E-state index contributed by atoms with van der Waals surface area (Å²) >= 11 is 2.99. The third-order valence-electron chi connectivity index (χ3n) is 2.66. The van der Waals surface area contributed by atoms with Gasteiger partial charge in [0, 0.05) is 17.1 Å². The zero-order chi connectivity index (χ0) is 15.1. The Morgan fingerprint density at radius 2 is 2.00 bits per heavy atom. The number of alkyl halides is 3. The molecule has 8 heteroatoms. The molecule has 0 atom stereocenters. The number of halogens is 4. The first-order valence-electron chi connectivity index (χ1n) is 5.34. The molecule has 0 unspecified atom stereocenters. The summed E-state index contributed by atoms with van der Waals surface area (Å²) in [6, 6.07) is 4.79. The molecule has 0 spiro atoms. The van der Waals surface area contributed by atoms with Crippen LogP contribution in [0.1, 0.15) is 16.1 Å². The van der Waals surface area contributed by atoms with Crippen LogP contribution in [0.4, 0.5) is 13.2 Å². The third kappa shape index (κ3) is 2.69. The molecule has 1 aromatic heterocycles. The molecule has 20 heavy (non-hydrogen) atoms. The van der Waals surface area contributed by atoms with Gasteiger partial charge in [0.05, 0.1) is 11.3 Å². The van der Waals surface area contributed by atoms with Gasteiger partial charge in [0.2, 0.25) is 0 Å². The van der Waals surface area contributed by atoms with E-state index >= 15 is 0 Å². The average molecular weight is 349 g/mol. The molecule has 0 radical (unpaired) electrons. The lowest BCUT2D eigenvalue weighted by Crippen LogP contribution is -2.08. The summed E-state index contributed by atoms with van der Waals surface area (Å²) in [5.41, 5.74) is -1.20. The van der Waals surface area contributed by atoms with E-state index < -0.39 is 17.7 Å². The maximum atomic E-state index is 13.0. The van der Waals surface area contributed by atoms with Crippen LogP contribution < -0.4 is 0 Å². The lowest BCUT2D eigenvalue weighted by atomic mass is 10.0. The minimum atomic E-state index is -4.55. The van der Waals surface area contributed by atoms with Gasteiger partial charge >= 0.3 is 12.1 Å². The van der Waals surface area contributed by atoms with Crippen molar-refractivity contribution >= 4 is 21.9 Å². The van der Waals surface area contributed by atoms with Crippen molar-refractivity contribution in [1.29, 1.82) is 0 Å². The van der Waals surface area contributed by atoms with Gasteiger partial charge < -0.3 is 5.11 Å². The van der Waals surface area contributed by atoms with E-state index in [0.29, 0.717) is 0 Å². The number of carbonyl (C=O) groups is 1. The fourth-order valence-corrected chi connectivity index (χ4v) is 2.16. The maximum absolute atomic E-state index is 13.0. The van der Waals surface area contributed by atoms with Crippen molar-refractivity contribution in [2.45, 2.75) is 6.18 Å². The molecular weight excluding hydrogens is 341 g/mol. The second-order valence-electron chi connectivity index (χ2n) is 4.03. The molecule has 2 rings (SSSR count). The molecule has 1 aromatic carbocycles. The number of aromatic carboxylic acids is 1. The molecule has 4 nitrogen and oxygen atoms in total. The number of rotatable bonds is 2. The number of nitrogens with zero attached hydrogens (tertiary/aromatic N) is 2. The molecule has 0 saturated heterocycles. The Balaban J connectivity index is 2.67. The Morgan fingerprint density at radius 3 is 2.50 bits per heavy atom. The highest BCUT2D eigenvalue weighted by molar-refractivity contribution is 9.10. The maximum Gasteiger partial charge on any atom is 0.417 e. The van der Waals surface area contributed by atoms with Crippen molar-refractivity contribution in [1.82, 2.24) is 9.78 Å². The summed E-state index contributed by atoms with van der Waals surface area (Å²) < 4.78 is 40.5. The van der Waals surface area contributed by atoms with E-state index in [9.17, 15) is 18.0 Å². The molecule has 0 amide bonds. The molecular formula is C12H8BrF3N2O2. The van der Waals surface area contributed by atoms with Crippen molar-refractivity contribution in [3.63, 3.8) is 0 Å². The number of aryl methyl sites for hydroxylation is 1. The summed E-state index contributed by atoms with van der Waals surface area (Å²) in [4.78, 5) is 10.8. The Labute approximate surface area is 120 Å². The first-order valence-corrected chi connectivity index (χ1v) is 6.14. The predicted molar refractivity (Wildman–Crippen MR) is 68.3 cm³/mol. The lowest BCUT2D eigenvalue weighted by Gasteiger charge is -2.13. The van der Waals surface area contributed by atoms with Crippen molar-refractivity contribution in [3.8, 4) is 11.3 Å². The lowest BCUT2D eigenvalue weighted by molar-refractivity contribution is -0.137. The first kappa shape index (κ1) is 14.6. The summed E-state index contributed by atoms with van der Waals surface area (Å²) in [6.07, 6.45) is -4.55. The van der Waals surface area contributed by atoms with Crippen molar-refractivity contribution in [2.75, 3.05) is 0 Å². The minimum absolute atomic E-state index is 0.0854. The smallest absolute Gasteiger partial charge is 0.417 e. The van der Waals surface area contributed by atoms with Crippen LogP contribution in [0.2, 0.25) is 0 Å². The summed E-state index contributed by atoms with van der Waals surface area (Å²) in [5.74, 6) is -1.29. The molecule has 0 fully saturated rings. The van der Waals surface area contributed by atoms with Gasteiger partial charge in [-0.3, -0.25) is 4.68 Å². The number of hydrogen-bond donors (Lipinski definition) is 1. The Bertz CT molecular complexity index is 680. The Morgan fingerprint density at radius 1 is 1.35 bits per heavy atom. The zero-order valence-corrected chi connectivity index (χ0v) is 11.7. The normalized spacial score (nSPS) is 11.7. The summed E-state index contributed by atoms with van der Waals surface area (Å²) in [6.45, 7) is 0. The third-order valence-corrected chi connectivity index (χ3v) is 3.16. The molecule has 1 heterocycles. The van der Waals surface area contributed by atoms with Crippen LogP contribution in [-0.4, -0.2) is 20.9 Å². The average Bonchev–Trinajstić information content (AvgIpc) is 2.70. The summed E-state index contributed by atoms with van der Waals surface area (Å²) in [5, 5.41) is 12.5. The van der Waals surface area contributed by atoms with Gasteiger partial charge in [-0.15, -0.1) is 0 Å². The molecule has 0 aliphatic rings. The number of carboxylic acid groups (broad SMARTS) is 1. The predicted octanol–water partition coefficient (Wildman–Crippen LogP) is 3.57. The van der Waals surface area contributed by atoms with Crippen molar-refractivity contribution < 1.29 is 23.1 Å². The fraction of sp³-hybridized carbons (Fsp3) is 0.167. The monoisotopic (exact) mass is 348 g/mol. The van der Waals surface area contributed by atoms with E-state index in [0.717, 1.165) is 16.8 Å². The van der Waals surface area contributed by atoms with E-state index in [1.54, 1.807) is 0 Å². The molecule has 106 valence electrons. The van der Waals surface area contributed by atoms with E-state index in [4.69, 9.17) is 5.11 Å². The highest BCUT2D eigenvalue weighted by atomic mass is 79.9. The van der Waals surface area contributed by atoms with Crippen LogP contribution in [0, 0.1) is 0 Å². The number of hydrogen-bond acceptors (Lipinski definition) is 2. The fourth-order valence-electron chi connectivity index (χ4n) is 1.80. The molecule has 1 N–H and O–H groups in total. The first-order chi connectivity index (χ1) is 9.20. The number of aromatic nitrogens is 2. The van der Waals surface area contributed by atoms with Gasteiger partial charge in [-0.2, -0.15) is 18.3 Å². The molecule has 0 saturated carbocycles. The second kappa shape index (κ2) is 4.93. The summed E-state index contributed by atoms with van der Waals surface area (Å²) in [7, 11) is 1.39. The van der Waals surface area contributed by atoms with Crippen LogP contribution in [-0.2, 0) is 13.2 Å². The second-order valence-corrected chi connectivity index (χ2v) is 4.95. The van der Waals surface area contributed by atoms with E-state index in [1.165, 1.54) is 19.2 Å². The van der Waals surface area contributed by atoms with Gasteiger partial charge in [-0.1, -0.05) is 22.0 Å². The van der Waals surface area contributed by atoms with Crippen molar-refractivity contribution in [3.05, 3.63) is 40.0 Å². The highest BCUT2D eigenvalue weighted by Crippen LogP contribution is 2.38.